The van der Waals surface area contributed by atoms with E-state index in [0.29, 0.717) is 0 Å². The SMILES string of the molecule is NC(=O)CCC(N)C(=O)NC(CCC(N)=O)C(=O)NC(CC(N)=O)C(=O)NCC(=O)O. The van der Waals surface area contributed by atoms with Crippen molar-refractivity contribution in [2.24, 2.45) is 22.9 Å². The molecule has 0 radical (unpaired) electrons. The van der Waals surface area contributed by atoms with Crippen molar-refractivity contribution < 1.29 is 38.7 Å². The molecule has 0 aromatic heterocycles. The van der Waals surface area contributed by atoms with E-state index in [1.807, 2.05) is 5.32 Å². The number of rotatable bonds is 15. The fourth-order valence-corrected chi connectivity index (χ4v) is 2.23. The third-order valence-electron chi connectivity index (χ3n) is 3.80. The normalized spacial score (nSPS) is 13.2. The van der Waals surface area contributed by atoms with Crippen LogP contribution in [0.5, 0.6) is 0 Å². The Balaban J connectivity index is 5.31. The summed E-state index contributed by atoms with van der Waals surface area (Å²) in [5, 5.41) is 15.0. The summed E-state index contributed by atoms with van der Waals surface area (Å²) in [6, 6.07) is -4.13. The second-order valence-electron chi connectivity index (χ2n) is 6.52. The summed E-state index contributed by atoms with van der Waals surface area (Å²) >= 11 is 0. The van der Waals surface area contributed by atoms with Crippen molar-refractivity contribution in [1.82, 2.24) is 16.0 Å². The zero-order valence-corrected chi connectivity index (χ0v) is 16.6. The van der Waals surface area contributed by atoms with Gasteiger partial charge in [-0.15, -0.1) is 0 Å². The number of nitrogens with one attached hydrogen (secondary N) is 3. The molecule has 174 valence electrons. The minimum atomic E-state index is -1.54. The molecular formula is C16H27N7O8. The number of primary amides is 3. The maximum absolute atomic E-state index is 12.6. The molecule has 0 aliphatic heterocycles. The molecule has 12 N–H and O–H groups in total. The molecule has 0 aromatic carbocycles. The van der Waals surface area contributed by atoms with Crippen molar-refractivity contribution >= 4 is 41.4 Å². The Labute approximate surface area is 176 Å². The predicted molar refractivity (Wildman–Crippen MR) is 103 cm³/mol. The first kappa shape index (κ1) is 27.2. The number of carboxylic acid groups (broad SMARTS) is 1. The number of carbonyl (C=O) groups is 7. The van der Waals surface area contributed by atoms with Crippen LogP contribution in [0.15, 0.2) is 0 Å². The van der Waals surface area contributed by atoms with Crippen molar-refractivity contribution in [3.8, 4) is 0 Å². The summed E-state index contributed by atoms with van der Waals surface area (Å²) in [5.41, 5.74) is 20.7. The lowest BCUT2D eigenvalue weighted by Crippen LogP contribution is -2.56. The Morgan fingerprint density at radius 2 is 1.23 bits per heavy atom. The molecule has 0 fully saturated rings. The first-order valence-corrected chi connectivity index (χ1v) is 9.04. The van der Waals surface area contributed by atoms with E-state index in [-0.39, 0.29) is 25.7 Å². The molecule has 3 unspecified atom stereocenters. The summed E-state index contributed by atoms with van der Waals surface area (Å²) in [6.07, 6.45) is -1.54. The number of amides is 6. The standard InChI is InChI=1S/C16H27N7O8/c17-7(1-3-10(18)24)14(29)22-8(2-4-11(19)25)16(31)23-9(5-12(20)26)15(30)21-6-13(27)28/h7-9H,1-6,17H2,(H2,18,24)(H2,19,25)(H2,20,26)(H,21,30)(H,22,29)(H,23,31)(H,27,28). The van der Waals surface area contributed by atoms with E-state index in [1.54, 1.807) is 0 Å². The van der Waals surface area contributed by atoms with Crippen LogP contribution in [0.25, 0.3) is 0 Å². The van der Waals surface area contributed by atoms with Gasteiger partial charge >= 0.3 is 5.97 Å². The lowest BCUT2D eigenvalue weighted by Gasteiger charge is -2.23. The van der Waals surface area contributed by atoms with E-state index in [4.69, 9.17) is 28.0 Å². The van der Waals surface area contributed by atoms with Crippen LogP contribution in [0.3, 0.4) is 0 Å². The Hall–Kier alpha value is -3.75. The molecule has 0 aliphatic carbocycles. The summed E-state index contributed by atoms with van der Waals surface area (Å²) in [4.78, 5) is 80.5. The number of nitrogens with two attached hydrogens (primary N) is 4. The summed E-state index contributed by atoms with van der Waals surface area (Å²) in [7, 11) is 0. The van der Waals surface area contributed by atoms with Gasteiger partial charge in [0.15, 0.2) is 0 Å². The fourth-order valence-electron chi connectivity index (χ4n) is 2.23. The summed E-state index contributed by atoms with van der Waals surface area (Å²) in [6.45, 7) is -0.777. The van der Waals surface area contributed by atoms with Gasteiger partial charge in [-0.1, -0.05) is 0 Å². The van der Waals surface area contributed by atoms with Crippen LogP contribution >= 0.6 is 0 Å². The van der Waals surface area contributed by atoms with Gasteiger partial charge in [0.1, 0.15) is 18.6 Å². The van der Waals surface area contributed by atoms with E-state index in [2.05, 4.69) is 10.6 Å². The Morgan fingerprint density at radius 3 is 1.71 bits per heavy atom. The molecule has 0 spiro atoms. The van der Waals surface area contributed by atoms with Crippen LogP contribution in [-0.4, -0.2) is 71.2 Å². The minimum Gasteiger partial charge on any atom is -0.480 e. The highest BCUT2D eigenvalue weighted by atomic mass is 16.4. The van der Waals surface area contributed by atoms with Gasteiger partial charge in [0.05, 0.1) is 12.5 Å². The number of aliphatic carboxylic acids is 1. The van der Waals surface area contributed by atoms with Gasteiger partial charge < -0.3 is 44.0 Å². The molecule has 0 saturated heterocycles. The highest BCUT2D eigenvalue weighted by Gasteiger charge is 2.29. The van der Waals surface area contributed by atoms with E-state index in [9.17, 15) is 33.6 Å². The number of hydrogen-bond donors (Lipinski definition) is 8. The van der Waals surface area contributed by atoms with Crippen LogP contribution in [0, 0.1) is 0 Å². The molecule has 0 bridgehead atoms. The van der Waals surface area contributed by atoms with Crippen LogP contribution in [0.4, 0.5) is 0 Å². The van der Waals surface area contributed by atoms with Crippen LogP contribution in [0.1, 0.15) is 32.1 Å². The smallest absolute Gasteiger partial charge is 0.322 e. The topological polar surface area (TPSA) is 280 Å². The zero-order chi connectivity index (χ0) is 24.1. The monoisotopic (exact) mass is 445 g/mol. The molecule has 0 saturated carbocycles. The minimum absolute atomic E-state index is 0.104. The fraction of sp³-hybridized carbons (Fsp3) is 0.562. The first-order valence-electron chi connectivity index (χ1n) is 9.04. The summed E-state index contributed by atoms with van der Waals surface area (Å²) in [5.74, 6) is -6.63. The highest BCUT2D eigenvalue weighted by molar-refractivity contribution is 5.96. The molecule has 0 aromatic rings. The van der Waals surface area contributed by atoms with E-state index in [0.717, 1.165) is 0 Å². The van der Waals surface area contributed by atoms with Crippen molar-refractivity contribution in [1.29, 1.82) is 0 Å². The van der Waals surface area contributed by atoms with Gasteiger partial charge in [0, 0.05) is 12.8 Å². The third-order valence-corrected chi connectivity index (χ3v) is 3.80. The van der Waals surface area contributed by atoms with Gasteiger partial charge in [-0.3, -0.25) is 33.6 Å². The first-order chi connectivity index (χ1) is 14.3. The number of hydrogen-bond acceptors (Lipinski definition) is 8. The predicted octanol–water partition coefficient (Wildman–Crippen LogP) is -5.11. The molecule has 15 nitrogen and oxygen atoms in total. The van der Waals surface area contributed by atoms with Crippen molar-refractivity contribution in [2.75, 3.05) is 6.54 Å². The highest BCUT2D eigenvalue weighted by Crippen LogP contribution is 2.03. The van der Waals surface area contributed by atoms with Gasteiger partial charge in [-0.25, -0.2) is 0 Å². The molecule has 0 aliphatic rings. The molecule has 3 atom stereocenters. The van der Waals surface area contributed by atoms with Crippen LogP contribution in [0.2, 0.25) is 0 Å². The average molecular weight is 445 g/mol. The van der Waals surface area contributed by atoms with Crippen LogP contribution in [-0.2, 0) is 33.6 Å². The lowest BCUT2D eigenvalue weighted by atomic mass is 10.1. The van der Waals surface area contributed by atoms with Gasteiger partial charge in [-0.05, 0) is 12.8 Å². The van der Waals surface area contributed by atoms with Crippen molar-refractivity contribution in [3.05, 3.63) is 0 Å². The largest absolute Gasteiger partial charge is 0.480 e. The Kier molecular flexibility index (Phi) is 11.8. The second kappa shape index (κ2) is 13.5. The van der Waals surface area contributed by atoms with Gasteiger partial charge in [0.2, 0.25) is 35.4 Å². The molecular weight excluding hydrogens is 418 g/mol. The molecule has 6 amide bonds. The van der Waals surface area contributed by atoms with E-state index in [1.165, 1.54) is 0 Å². The van der Waals surface area contributed by atoms with Gasteiger partial charge in [-0.2, -0.15) is 0 Å². The Bertz CT molecular complexity index is 727. The zero-order valence-electron chi connectivity index (χ0n) is 16.6. The maximum Gasteiger partial charge on any atom is 0.322 e. The maximum atomic E-state index is 12.6. The number of carbonyl (C=O) groups excluding carboxylic acids is 6. The van der Waals surface area contributed by atoms with E-state index < -0.39 is 72.5 Å². The third kappa shape index (κ3) is 12.4. The molecule has 0 rings (SSSR count). The lowest BCUT2D eigenvalue weighted by molar-refractivity contribution is -0.138. The van der Waals surface area contributed by atoms with Crippen LogP contribution < -0.4 is 38.9 Å². The molecule has 15 heteroatoms. The molecule has 31 heavy (non-hydrogen) atoms. The average Bonchev–Trinajstić information content (AvgIpc) is 2.65. The second-order valence-corrected chi connectivity index (χ2v) is 6.52. The Morgan fingerprint density at radius 1 is 0.710 bits per heavy atom. The van der Waals surface area contributed by atoms with Crippen molar-refractivity contribution in [3.63, 3.8) is 0 Å². The van der Waals surface area contributed by atoms with Crippen molar-refractivity contribution in [2.45, 2.75) is 50.2 Å². The van der Waals surface area contributed by atoms with E-state index >= 15 is 0 Å². The summed E-state index contributed by atoms with van der Waals surface area (Å²) < 4.78 is 0. The molecule has 0 heterocycles. The van der Waals surface area contributed by atoms with Gasteiger partial charge in [0.25, 0.3) is 0 Å². The number of carboxylic acids is 1. The quantitative estimate of drug-likeness (QED) is 0.119.